The van der Waals surface area contributed by atoms with E-state index in [0.717, 1.165) is 17.1 Å². The van der Waals surface area contributed by atoms with Gasteiger partial charge in [-0.05, 0) is 6.92 Å². The normalized spacial score (nSPS) is 10.3. The van der Waals surface area contributed by atoms with Gasteiger partial charge in [0.2, 0.25) is 5.75 Å². The summed E-state index contributed by atoms with van der Waals surface area (Å²) in [5.74, 6) is 6.92. The maximum absolute atomic E-state index is 5.36. The van der Waals surface area contributed by atoms with Gasteiger partial charge < -0.3 is 15.5 Å². The van der Waals surface area contributed by atoms with Crippen LogP contribution < -0.4 is 21.3 Å². The number of nitrogens with two attached hydrogens (primary N) is 1. The number of hydrazine groups is 1. The van der Waals surface area contributed by atoms with Crippen LogP contribution in [0.4, 0.5) is 11.6 Å². The first-order valence-corrected chi connectivity index (χ1v) is 6.63. The van der Waals surface area contributed by atoms with Crippen molar-refractivity contribution in [2.45, 2.75) is 13.3 Å². The highest BCUT2D eigenvalue weighted by Crippen LogP contribution is 2.27. The molecular weight excluding hydrogens is 264 g/mol. The van der Waals surface area contributed by atoms with E-state index in [1.165, 1.54) is 6.33 Å². The standard InChI is InChI=1S/C11H16N6OS/c1-7-16-8(5-19-7)3-4-13-10-9(18-2)11(17-12)15-6-14-10/h5-6H,3-4,12H2,1-2H3,(H2,13,14,15,17). The first kappa shape index (κ1) is 13.5. The van der Waals surface area contributed by atoms with Crippen LogP contribution >= 0.6 is 11.3 Å². The van der Waals surface area contributed by atoms with E-state index in [4.69, 9.17) is 10.6 Å². The minimum Gasteiger partial charge on any atom is -0.490 e. The van der Waals surface area contributed by atoms with Crippen molar-refractivity contribution in [3.63, 3.8) is 0 Å². The lowest BCUT2D eigenvalue weighted by Gasteiger charge is -2.11. The fraction of sp³-hybridized carbons (Fsp3) is 0.364. The summed E-state index contributed by atoms with van der Waals surface area (Å²) >= 11 is 1.65. The molecule has 0 radical (unpaired) electrons. The number of anilines is 2. The average Bonchev–Trinajstić information content (AvgIpc) is 2.84. The molecule has 102 valence electrons. The molecule has 0 fully saturated rings. The quantitative estimate of drug-likeness (QED) is 0.540. The third-order valence-electron chi connectivity index (χ3n) is 2.48. The van der Waals surface area contributed by atoms with Gasteiger partial charge in [0.1, 0.15) is 6.33 Å². The van der Waals surface area contributed by atoms with Crippen LogP contribution in [0.15, 0.2) is 11.7 Å². The molecule has 8 heteroatoms. The van der Waals surface area contributed by atoms with Crippen LogP contribution in [0, 0.1) is 6.92 Å². The van der Waals surface area contributed by atoms with Crippen LogP contribution in [0.3, 0.4) is 0 Å². The molecule has 2 heterocycles. The predicted molar refractivity (Wildman–Crippen MR) is 75.4 cm³/mol. The first-order chi connectivity index (χ1) is 9.24. The van der Waals surface area contributed by atoms with Crippen LogP contribution in [0.25, 0.3) is 0 Å². The fourth-order valence-corrected chi connectivity index (χ4v) is 2.27. The third kappa shape index (κ3) is 3.30. The maximum Gasteiger partial charge on any atom is 0.205 e. The lowest BCUT2D eigenvalue weighted by atomic mass is 10.3. The van der Waals surface area contributed by atoms with E-state index in [1.807, 2.05) is 6.92 Å². The monoisotopic (exact) mass is 280 g/mol. The van der Waals surface area contributed by atoms with Crippen molar-refractivity contribution in [3.8, 4) is 5.75 Å². The minimum absolute atomic E-state index is 0.449. The molecule has 0 atom stereocenters. The number of hydrogen-bond acceptors (Lipinski definition) is 8. The van der Waals surface area contributed by atoms with E-state index >= 15 is 0 Å². The number of ether oxygens (including phenoxy) is 1. The van der Waals surface area contributed by atoms with Gasteiger partial charge in [0.05, 0.1) is 17.8 Å². The minimum atomic E-state index is 0.449. The Hall–Kier alpha value is -1.93. The maximum atomic E-state index is 5.36. The Kier molecular flexibility index (Phi) is 4.48. The Bertz CT molecular complexity index is 544. The Morgan fingerprint density at radius 3 is 2.79 bits per heavy atom. The molecule has 7 nitrogen and oxygen atoms in total. The van der Waals surface area contributed by atoms with Crippen molar-refractivity contribution < 1.29 is 4.74 Å². The summed E-state index contributed by atoms with van der Waals surface area (Å²) in [4.78, 5) is 12.5. The van der Waals surface area contributed by atoms with Gasteiger partial charge in [-0.3, -0.25) is 0 Å². The van der Waals surface area contributed by atoms with E-state index in [9.17, 15) is 0 Å². The van der Waals surface area contributed by atoms with Crippen molar-refractivity contribution in [3.05, 3.63) is 22.4 Å². The number of aromatic nitrogens is 3. The number of methoxy groups -OCH3 is 1. The van der Waals surface area contributed by atoms with Crippen molar-refractivity contribution in [2.75, 3.05) is 24.4 Å². The number of nitrogens with zero attached hydrogens (tertiary/aromatic N) is 3. The highest BCUT2D eigenvalue weighted by Gasteiger charge is 2.10. The smallest absolute Gasteiger partial charge is 0.205 e. The van der Waals surface area contributed by atoms with Gasteiger partial charge >= 0.3 is 0 Å². The van der Waals surface area contributed by atoms with Crippen molar-refractivity contribution in [2.24, 2.45) is 5.84 Å². The summed E-state index contributed by atoms with van der Waals surface area (Å²) in [7, 11) is 1.55. The van der Waals surface area contributed by atoms with Gasteiger partial charge in [-0.15, -0.1) is 11.3 Å². The van der Waals surface area contributed by atoms with Gasteiger partial charge in [-0.1, -0.05) is 0 Å². The molecule has 0 aliphatic heterocycles. The van der Waals surface area contributed by atoms with Crippen molar-refractivity contribution in [1.82, 2.24) is 15.0 Å². The second-order valence-corrected chi connectivity index (χ2v) is 4.85. The Labute approximate surface area is 115 Å². The molecule has 0 spiro atoms. The Balaban J connectivity index is 1.99. The molecule has 0 aliphatic rings. The van der Waals surface area contributed by atoms with E-state index in [0.29, 0.717) is 23.9 Å². The topological polar surface area (TPSA) is 98.0 Å². The molecule has 2 rings (SSSR count). The van der Waals surface area contributed by atoms with E-state index < -0.39 is 0 Å². The summed E-state index contributed by atoms with van der Waals surface area (Å²) in [5.41, 5.74) is 3.54. The van der Waals surface area contributed by atoms with Crippen molar-refractivity contribution >= 4 is 23.0 Å². The summed E-state index contributed by atoms with van der Waals surface area (Å²) in [6.07, 6.45) is 2.25. The number of rotatable bonds is 6. The molecule has 0 saturated heterocycles. The SMILES string of the molecule is COc1c(NN)ncnc1NCCc1csc(C)n1. The van der Waals surface area contributed by atoms with Crippen LogP contribution in [0.2, 0.25) is 0 Å². The van der Waals surface area contributed by atoms with Gasteiger partial charge in [0, 0.05) is 18.3 Å². The van der Waals surface area contributed by atoms with Gasteiger partial charge in [0.15, 0.2) is 11.6 Å². The van der Waals surface area contributed by atoms with E-state index in [-0.39, 0.29) is 0 Å². The molecule has 0 saturated carbocycles. The zero-order chi connectivity index (χ0) is 13.7. The number of hydrogen-bond donors (Lipinski definition) is 3. The van der Waals surface area contributed by atoms with Crippen LogP contribution in [-0.4, -0.2) is 28.6 Å². The number of nitrogens with one attached hydrogen (secondary N) is 2. The first-order valence-electron chi connectivity index (χ1n) is 5.75. The lowest BCUT2D eigenvalue weighted by Crippen LogP contribution is -2.13. The predicted octanol–water partition coefficient (Wildman–Crippen LogP) is 1.19. The summed E-state index contributed by atoms with van der Waals surface area (Å²) in [6.45, 7) is 2.70. The lowest BCUT2D eigenvalue weighted by molar-refractivity contribution is 0.414. The molecule has 0 amide bonds. The molecule has 2 aromatic heterocycles. The van der Waals surface area contributed by atoms with Gasteiger partial charge in [0.25, 0.3) is 0 Å². The summed E-state index contributed by atoms with van der Waals surface area (Å²) in [6, 6.07) is 0. The zero-order valence-electron chi connectivity index (χ0n) is 10.8. The second-order valence-electron chi connectivity index (χ2n) is 3.78. The van der Waals surface area contributed by atoms with E-state index in [2.05, 4.69) is 31.1 Å². The molecular formula is C11H16N6OS. The average molecular weight is 280 g/mol. The largest absolute Gasteiger partial charge is 0.490 e. The second kappa shape index (κ2) is 6.30. The molecule has 0 unspecified atom stereocenters. The Morgan fingerprint density at radius 1 is 1.37 bits per heavy atom. The summed E-state index contributed by atoms with van der Waals surface area (Å²) < 4.78 is 5.23. The highest BCUT2D eigenvalue weighted by atomic mass is 32.1. The van der Waals surface area contributed by atoms with Gasteiger partial charge in [-0.25, -0.2) is 20.8 Å². The molecule has 19 heavy (non-hydrogen) atoms. The number of thiazole rings is 1. The van der Waals surface area contributed by atoms with Crippen LogP contribution in [0.5, 0.6) is 5.75 Å². The molecule has 0 aliphatic carbocycles. The van der Waals surface area contributed by atoms with Crippen LogP contribution in [-0.2, 0) is 6.42 Å². The summed E-state index contributed by atoms with van der Waals surface area (Å²) in [5, 5.41) is 6.32. The number of aryl methyl sites for hydroxylation is 1. The van der Waals surface area contributed by atoms with E-state index in [1.54, 1.807) is 18.4 Å². The number of nitrogen functional groups attached to an aromatic ring is 1. The van der Waals surface area contributed by atoms with Crippen LogP contribution in [0.1, 0.15) is 10.7 Å². The molecule has 0 bridgehead atoms. The fourth-order valence-electron chi connectivity index (χ4n) is 1.63. The third-order valence-corrected chi connectivity index (χ3v) is 3.31. The molecule has 0 aromatic carbocycles. The van der Waals surface area contributed by atoms with Gasteiger partial charge in [-0.2, -0.15) is 0 Å². The van der Waals surface area contributed by atoms with Crippen molar-refractivity contribution in [1.29, 1.82) is 0 Å². The Morgan fingerprint density at radius 2 is 2.16 bits per heavy atom. The zero-order valence-corrected chi connectivity index (χ0v) is 11.6. The molecule has 4 N–H and O–H groups in total. The molecule has 2 aromatic rings. The highest BCUT2D eigenvalue weighted by molar-refractivity contribution is 7.09.